The third-order valence-electron chi connectivity index (χ3n) is 12.2. The first-order valence-corrected chi connectivity index (χ1v) is 19.6. The third kappa shape index (κ3) is 5.08. The van der Waals surface area contributed by atoms with E-state index in [0.717, 1.165) is 17.1 Å². The fourth-order valence-electron chi connectivity index (χ4n) is 9.36. The van der Waals surface area contributed by atoms with E-state index in [-0.39, 0.29) is 5.41 Å². The second-order valence-corrected chi connectivity index (χ2v) is 15.7. The summed E-state index contributed by atoms with van der Waals surface area (Å²) in [6.45, 7) is 4.71. The highest BCUT2D eigenvalue weighted by Gasteiger charge is 2.35. The first-order chi connectivity index (χ1) is 27.5. The quantitative estimate of drug-likeness (QED) is 0.161. The molecular weight excluding hydrogens is 675 g/mol. The molecule has 0 spiro atoms. The lowest BCUT2D eigenvalue weighted by atomic mass is 9.82. The van der Waals surface area contributed by atoms with Crippen molar-refractivity contribution in [3.63, 3.8) is 0 Å². The van der Waals surface area contributed by atoms with E-state index in [2.05, 4.69) is 219 Å². The van der Waals surface area contributed by atoms with Gasteiger partial charge in [0.1, 0.15) is 0 Å². The van der Waals surface area contributed by atoms with Crippen LogP contribution in [0.2, 0.25) is 0 Å². The van der Waals surface area contributed by atoms with Gasteiger partial charge in [-0.15, -0.1) is 0 Å². The number of fused-ring (bicyclic) bond motifs is 9. The highest BCUT2D eigenvalue weighted by atomic mass is 15.1. The summed E-state index contributed by atoms with van der Waals surface area (Å²) < 4.78 is 0. The Hall–Kier alpha value is -6.96. The van der Waals surface area contributed by atoms with E-state index in [1.165, 1.54) is 87.6 Å². The van der Waals surface area contributed by atoms with E-state index in [4.69, 9.17) is 0 Å². The summed E-state index contributed by atoms with van der Waals surface area (Å²) in [6.07, 6.45) is 0. The zero-order chi connectivity index (χ0) is 37.4. The van der Waals surface area contributed by atoms with Crippen LogP contribution in [0.5, 0.6) is 0 Å². The summed E-state index contributed by atoms with van der Waals surface area (Å²) in [5, 5.41) is 10.2. The van der Waals surface area contributed by atoms with Gasteiger partial charge in [-0.25, -0.2) is 0 Å². The highest BCUT2D eigenvalue weighted by Crippen LogP contribution is 2.51. The fraction of sp³-hybridized carbons (Fsp3) is 0.0545. The summed E-state index contributed by atoms with van der Waals surface area (Å²) >= 11 is 0. The predicted octanol–water partition coefficient (Wildman–Crippen LogP) is 15.4. The Balaban J connectivity index is 1.04. The Morgan fingerprint density at radius 1 is 0.321 bits per heavy atom. The molecule has 0 aliphatic heterocycles. The average molecular weight is 714 g/mol. The van der Waals surface area contributed by atoms with Crippen LogP contribution in [-0.2, 0) is 5.41 Å². The minimum atomic E-state index is -0.0974. The van der Waals surface area contributed by atoms with Crippen molar-refractivity contribution < 1.29 is 0 Å². The van der Waals surface area contributed by atoms with Gasteiger partial charge in [0, 0.05) is 22.5 Å². The maximum atomic E-state index is 2.42. The molecule has 0 amide bonds. The van der Waals surface area contributed by atoms with E-state index in [0.29, 0.717) is 0 Å². The zero-order valence-corrected chi connectivity index (χ0v) is 31.5. The van der Waals surface area contributed by atoms with Crippen LogP contribution in [0, 0.1) is 0 Å². The monoisotopic (exact) mass is 713 g/mol. The Morgan fingerprint density at radius 3 is 1.71 bits per heavy atom. The SMILES string of the molecule is CC1(C)c2ccccc2-c2ccc(N(c3ccc(-c4ccc5ccccc5c4)cc3)c3ccc(-c4cccc5ccc6c7ccccc7ccc6c45)cc3)cc21. The molecule has 10 aromatic rings. The first kappa shape index (κ1) is 32.5. The summed E-state index contributed by atoms with van der Waals surface area (Å²) in [7, 11) is 0. The third-order valence-corrected chi connectivity index (χ3v) is 12.2. The standard InChI is InChI=1S/C55H39N/c1-55(2)52-17-8-7-15-49(52)50-33-30-45(35-53(50)55)56(43-26-20-37(21-27-43)42-19-18-36-10-3-4-12-41(36)34-42)44-28-22-39(23-29-44)47-16-9-13-40-25-31-48-46-14-6-5-11-38(46)24-32-51(48)54(40)47/h3-35H,1-2H3. The molecule has 1 heteroatoms. The first-order valence-electron chi connectivity index (χ1n) is 19.6. The maximum absolute atomic E-state index is 2.42. The number of hydrogen-bond acceptors (Lipinski definition) is 1. The summed E-state index contributed by atoms with van der Waals surface area (Å²) in [5.41, 5.74) is 13.6. The van der Waals surface area contributed by atoms with Crippen molar-refractivity contribution in [2.24, 2.45) is 0 Å². The van der Waals surface area contributed by atoms with Gasteiger partial charge in [0.25, 0.3) is 0 Å². The average Bonchev–Trinajstić information content (AvgIpc) is 3.49. The number of hydrogen-bond donors (Lipinski definition) is 0. The molecule has 0 heterocycles. The van der Waals surface area contributed by atoms with Crippen LogP contribution in [-0.4, -0.2) is 0 Å². The van der Waals surface area contributed by atoms with Crippen molar-refractivity contribution >= 4 is 60.2 Å². The molecule has 0 saturated carbocycles. The molecule has 0 radical (unpaired) electrons. The molecule has 0 atom stereocenters. The summed E-state index contributed by atoms with van der Waals surface area (Å²) in [6, 6.07) is 74.0. The number of anilines is 3. The van der Waals surface area contributed by atoms with Gasteiger partial charge in [0.15, 0.2) is 0 Å². The molecule has 0 aromatic heterocycles. The van der Waals surface area contributed by atoms with Gasteiger partial charge in [-0.05, 0) is 130 Å². The van der Waals surface area contributed by atoms with E-state index in [1.807, 2.05) is 0 Å². The van der Waals surface area contributed by atoms with Crippen LogP contribution < -0.4 is 4.90 Å². The van der Waals surface area contributed by atoms with Crippen LogP contribution in [0.4, 0.5) is 17.1 Å². The van der Waals surface area contributed by atoms with Crippen molar-refractivity contribution in [3.05, 3.63) is 211 Å². The van der Waals surface area contributed by atoms with Crippen molar-refractivity contribution in [3.8, 4) is 33.4 Å². The van der Waals surface area contributed by atoms with Gasteiger partial charge >= 0.3 is 0 Å². The second kappa shape index (κ2) is 12.5. The topological polar surface area (TPSA) is 3.24 Å². The van der Waals surface area contributed by atoms with Crippen LogP contribution in [0.15, 0.2) is 200 Å². The van der Waals surface area contributed by atoms with Gasteiger partial charge in [-0.3, -0.25) is 0 Å². The van der Waals surface area contributed by atoms with E-state index in [1.54, 1.807) is 0 Å². The second-order valence-electron chi connectivity index (χ2n) is 15.7. The van der Waals surface area contributed by atoms with E-state index in [9.17, 15) is 0 Å². The van der Waals surface area contributed by atoms with Crippen LogP contribution in [0.25, 0.3) is 76.5 Å². The lowest BCUT2D eigenvalue weighted by Crippen LogP contribution is -2.16. The van der Waals surface area contributed by atoms with E-state index >= 15 is 0 Å². The molecule has 0 saturated heterocycles. The minimum Gasteiger partial charge on any atom is -0.310 e. The van der Waals surface area contributed by atoms with Crippen LogP contribution in [0.3, 0.4) is 0 Å². The Kier molecular flexibility index (Phi) is 7.28. The number of nitrogens with zero attached hydrogens (tertiary/aromatic N) is 1. The Labute approximate surface area is 327 Å². The number of rotatable bonds is 5. The Morgan fingerprint density at radius 2 is 0.893 bits per heavy atom. The smallest absolute Gasteiger partial charge is 0.0465 e. The molecule has 0 bridgehead atoms. The molecular formula is C55H39N. The molecule has 10 aromatic carbocycles. The molecule has 0 unspecified atom stereocenters. The number of benzene rings is 10. The van der Waals surface area contributed by atoms with Gasteiger partial charge in [0.2, 0.25) is 0 Å². The molecule has 0 N–H and O–H groups in total. The van der Waals surface area contributed by atoms with Gasteiger partial charge in [0.05, 0.1) is 0 Å². The van der Waals surface area contributed by atoms with Crippen molar-refractivity contribution in [2.75, 3.05) is 4.90 Å². The highest BCUT2D eigenvalue weighted by molar-refractivity contribution is 6.21. The van der Waals surface area contributed by atoms with Crippen molar-refractivity contribution in [1.82, 2.24) is 0 Å². The Bertz CT molecular complexity index is 3150. The summed E-state index contributed by atoms with van der Waals surface area (Å²) in [5.74, 6) is 0. The van der Waals surface area contributed by atoms with Crippen molar-refractivity contribution in [1.29, 1.82) is 0 Å². The molecule has 1 nitrogen and oxygen atoms in total. The van der Waals surface area contributed by atoms with Gasteiger partial charge in [-0.2, -0.15) is 0 Å². The molecule has 11 rings (SSSR count). The zero-order valence-electron chi connectivity index (χ0n) is 31.5. The molecule has 0 fully saturated rings. The molecule has 56 heavy (non-hydrogen) atoms. The van der Waals surface area contributed by atoms with Crippen LogP contribution in [0.1, 0.15) is 25.0 Å². The minimum absolute atomic E-state index is 0.0974. The largest absolute Gasteiger partial charge is 0.310 e. The molecule has 1 aliphatic carbocycles. The molecule has 1 aliphatic rings. The lowest BCUT2D eigenvalue weighted by molar-refractivity contribution is 0.660. The van der Waals surface area contributed by atoms with Crippen LogP contribution >= 0.6 is 0 Å². The summed E-state index contributed by atoms with van der Waals surface area (Å²) in [4.78, 5) is 2.41. The van der Waals surface area contributed by atoms with E-state index < -0.39 is 0 Å². The molecule has 264 valence electrons. The normalized spacial score (nSPS) is 13.0. The lowest BCUT2D eigenvalue weighted by Gasteiger charge is -2.28. The van der Waals surface area contributed by atoms with Gasteiger partial charge in [-0.1, -0.05) is 172 Å². The predicted molar refractivity (Wildman–Crippen MR) is 240 cm³/mol. The van der Waals surface area contributed by atoms with Gasteiger partial charge < -0.3 is 4.90 Å². The fourth-order valence-corrected chi connectivity index (χ4v) is 9.36. The maximum Gasteiger partial charge on any atom is 0.0465 e. The van der Waals surface area contributed by atoms with Crippen molar-refractivity contribution in [2.45, 2.75) is 19.3 Å².